The lowest BCUT2D eigenvalue weighted by atomic mass is 10.2. The molecule has 0 aromatic carbocycles. The molecule has 1 unspecified atom stereocenters. The van der Waals surface area contributed by atoms with Gasteiger partial charge in [0.05, 0.1) is 6.20 Å². The van der Waals surface area contributed by atoms with E-state index in [4.69, 9.17) is 0 Å². The van der Waals surface area contributed by atoms with Crippen molar-refractivity contribution in [2.45, 2.75) is 23.8 Å². The van der Waals surface area contributed by atoms with Crippen LogP contribution in [0.25, 0.3) is 0 Å². The minimum Gasteiger partial charge on any atom is -0.318 e. The van der Waals surface area contributed by atoms with Crippen LogP contribution in [0, 0.1) is 5.82 Å². The fourth-order valence-electron chi connectivity index (χ4n) is 2.23. The van der Waals surface area contributed by atoms with Crippen LogP contribution >= 0.6 is 12.4 Å². The van der Waals surface area contributed by atoms with E-state index in [1.807, 2.05) is 0 Å². The van der Waals surface area contributed by atoms with E-state index in [-0.39, 0.29) is 23.3 Å². The van der Waals surface area contributed by atoms with E-state index in [2.05, 4.69) is 10.3 Å². The molecule has 1 aliphatic rings. The second-order valence-electron chi connectivity index (χ2n) is 4.31. The maximum absolute atomic E-state index is 13.1. The average molecular weight is 310 g/mol. The van der Waals surface area contributed by atoms with Crippen molar-refractivity contribution in [3.63, 3.8) is 0 Å². The minimum absolute atomic E-state index is 0. The maximum atomic E-state index is 13.1. The van der Waals surface area contributed by atoms with Crippen molar-refractivity contribution in [2.24, 2.45) is 0 Å². The highest BCUT2D eigenvalue weighted by molar-refractivity contribution is 7.89. The van der Waals surface area contributed by atoms with Crippen molar-refractivity contribution in [3.8, 4) is 0 Å². The first-order chi connectivity index (χ1) is 8.55. The number of sulfonamides is 1. The molecule has 1 aliphatic heterocycles. The summed E-state index contributed by atoms with van der Waals surface area (Å²) in [5, 5.41) is 2.98. The number of hydrogen-bond donors (Lipinski definition) is 1. The van der Waals surface area contributed by atoms with Gasteiger partial charge in [0.25, 0.3) is 0 Å². The number of aromatic nitrogens is 1. The topological polar surface area (TPSA) is 62.3 Å². The summed E-state index contributed by atoms with van der Waals surface area (Å²) in [4.78, 5) is 3.52. The molecule has 0 saturated carbocycles. The van der Waals surface area contributed by atoms with Gasteiger partial charge in [0, 0.05) is 25.3 Å². The van der Waals surface area contributed by atoms with E-state index in [0.717, 1.165) is 25.1 Å². The summed E-state index contributed by atoms with van der Waals surface area (Å²) >= 11 is 0. The lowest BCUT2D eigenvalue weighted by molar-refractivity contribution is 0.378. The molecule has 0 amide bonds. The Hall–Kier alpha value is -0.760. The van der Waals surface area contributed by atoms with E-state index in [1.54, 1.807) is 7.05 Å². The number of halogens is 2. The van der Waals surface area contributed by atoms with E-state index in [9.17, 15) is 12.8 Å². The molecule has 1 aromatic heterocycles. The molecule has 2 rings (SSSR count). The fraction of sp³-hybridized carbons (Fsp3) is 0.545. The highest BCUT2D eigenvalue weighted by Gasteiger charge is 2.35. The summed E-state index contributed by atoms with van der Waals surface area (Å²) in [6.45, 7) is 1.08. The molecule has 1 N–H and O–H groups in total. The Morgan fingerprint density at radius 1 is 1.53 bits per heavy atom. The first-order valence-corrected chi connectivity index (χ1v) is 7.26. The van der Waals surface area contributed by atoms with E-state index >= 15 is 0 Å². The molecule has 0 radical (unpaired) electrons. The van der Waals surface area contributed by atoms with Crippen molar-refractivity contribution in [1.29, 1.82) is 0 Å². The molecule has 1 saturated heterocycles. The molecule has 5 nitrogen and oxygen atoms in total. The number of nitrogens with zero attached hydrogens (tertiary/aromatic N) is 2. The second-order valence-corrected chi connectivity index (χ2v) is 6.20. The molecule has 1 fully saturated rings. The highest BCUT2D eigenvalue weighted by Crippen LogP contribution is 2.25. The van der Waals surface area contributed by atoms with Crippen molar-refractivity contribution < 1.29 is 12.8 Å². The summed E-state index contributed by atoms with van der Waals surface area (Å²) in [6, 6.07) is 0.945. The molecular formula is C11H17ClFN3O2S. The Morgan fingerprint density at radius 3 is 2.89 bits per heavy atom. The predicted molar refractivity (Wildman–Crippen MR) is 72.3 cm³/mol. The first kappa shape index (κ1) is 16.3. The van der Waals surface area contributed by atoms with Gasteiger partial charge in [-0.05, 0) is 26.0 Å². The molecule has 0 bridgehead atoms. The van der Waals surface area contributed by atoms with Crippen LogP contribution in [0.3, 0.4) is 0 Å². The van der Waals surface area contributed by atoms with Gasteiger partial charge < -0.3 is 5.32 Å². The molecule has 8 heteroatoms. The molecule has 1 aromatic rings. The normalized spacial score (nSPS) is 20.2. The zero-order chi connectivity index (χ0) is 13.2. The van der Waals surface area contributed by atoms with Crippen LogP contribution in [0.1, 0.15) is 12.8 Å². The number of pyridine rings is 1. The van der Waals surface area contributed by atoms with Gasteiger partial charge in [0.2, 0.25) is 10.0 Å². The lowest BCUT2D eigenvalue weighted by Crippen LogP contribution is -2.40. The summed E-state index contributed by atoms with van der Waals surface area (Å²) < 4.78 is 39.2. The Labute approximate surface area is 118 Å². The van der Waals surface area contributed by atoms with Gasteiger partial charge >= 0.3 is 0 Å². The van der Waals surface area contributed by atoms with Gasteiger partial charge in [-0.25, -0.2) is 12.8 Å². The van der Waals surface area contributed by atoms with Crippen LogP contribution in [-0.2, 0) is 10.0 Å². The van der Waals surface area contributed by atoms with Crippen molar-refractivity contribution in [1.82, 2.24) is 14.6 Å². The van der Waals surface area contributed by atoms with Crippen molar-refractivity contribution in [3.05, 3.63) is 24.3 Å². The smallest absolute Gasteiger partial charge is 0.245 e. The van der Waals surface area contributed by atoms with Crippen LogP contribution in [-0.4, -0.2) is 43.9 Å². The minimum atomic E-state index is -3.64. The second kappa shape index (κ2) is 6.60. The Balaban J connectivity index is 0.00000180. The summed E-state index contributed by atoms with van der Waals surface area (Å²) in [7, 11) is -1.86. The third-order valence-corrected chi connectivity index (χ3v) is 4.97. The van der Waals surface area contributed by atoms with Crippen LogP contribution in [0.4, 0.5) is 4.39 Å². The Morgan fingerprint density at radius 2 is 2.26 bits per heavy atom. The van der Waals surface area contributed by atoms with Crippen molar-refractivity contribution in [2.75, 3.05) is 20.1 Å². The zero-order valence-electron chi connectivity index (χ0n) is 10.5. The standard InChI is InChI=1S/C11H16FN3O2S.ClH/c1-13-7-10-3-2-4-15(10)18(16,17)11-5-9(12)6-14-8-11;/h5-6,8,10,13H,2-4,7H2,1H3;1H. The van der Waals surface area contributed by atoms with E-state index in [0.29, 0.717) is 13.1 Å². The average Bonchev–Trinajstić information content (AvgIpc) is 2.78. The van der Waals surface area contributed by atoms with Gasteiger partial charge in [0.1, 0.15) is 10.7 Å². The van der Waals surface area contributed by atoms with Crippen molar-refractivity contribution >= 4 is 22.4 Å². The molecule has 0 aliphatic carbocycles. The van der Waals surface area contributed by atoms with Gasteiger partial charge in [-0.3, -0.25) is 4.98 Å². The van der Waals surface area contributed by atoms with Gasteiger partial charge in [-0.2, -0.15) is 4.31 Å². The molecular weight excluding hydrogens is 293 g/mol. The molecule has 2 heterocycles. The molecule has 108 valence electrons. The summed E-state index contributed by atoms with van der Waals surface area (Å²) in [5.74, 6) is -0.638. The van der Waals surface area contributed by atoms with Crippen LogP contribution in [0.5, 0.6) is 0 Å². The Kier molecular flexibility index (Phi) is 5.66. The number of likely N-dealkylation sites (N-methyl/N-ethyl adjacent to an activating group) is 1. The first-order valence-electron chi connectivity index (χ1n) is 5.82. The maximum Gasteiger partial charge on any atom is 0.245 e. The van der Waals surface area contributed by atoms with Crippen LogP contribution in [0.2, 0.25) is 0 Å². The van der Waals surface area contributed by atoms with Gasteiger partial charge in [-0.15, -0.1) is 12.4 Å². The van der Waals surface area contributed by atoms with Gasteiger partial charge in [0.15, 0.2) is 0 Å². The number of hydrogen-bond acceptors (Lipinski definition) is 4. The molecule has 1 atom stereocenters. The monoisotopic (exact) mass is 309 g/mol. The van der Waals surface area contributed by atoms with Gasteiger partial charge in [-0.1, -0.05) is 0 Å². The third kappa shape index (κ3) is 3.42. The predicted octanol–water partition coefficient (Wildman–Crippen LogP) is 1.01. The number of rotatable bonds is 4. The molecule has 19 heavy (non-hydrogen) atoms. The van der Waals surface area contributed by atoms with E-state index < -0.39 is 15.8 Å². The van der Waals surface area contributed by atoms with Crippen LogP contribution in [0.15, 0.2) is 23.4 Å². The third-order valence-electron chi connectivity index (χ3n) is 3.05. The summed E-state index contributed by atoms with van der Waals surface area (Å²) in [6.07, 6.45) is 3.83. The summed E-state index contributed by atoms with van der Waals surface area (Å²) in [5.41, 5.74) is 0. The number of nitrogens with one attached hydrogen (secondary N) is 1. The zero-order valence-corrected chi connectivity index (χ0v) is 12.2. The highest BCUT2D eigenvalue weighted by atomic mass is 35.5. The van der Waals surface area contributed by atoms with E-state index in [1.165, 1.54) is 10.5 Å². The quantitative estimate of drug-likeness (QED) is 0.902. The Bertz CT molecular complexity index is 526. The largest absolute Gasteiger partial charge is 0.318 e. The van der Waals surface area contributed by atoms with Crippen LogP contribution < -0.4 is 5.32 Å². The lowest BCUT2D eigenvalue weighted by Gasteiger charge is -2.23. The SMILES string of the molecule is CNCC1CCCN1S(=O)(=O)c1cncc(F)c1.Cl. The fourth-order valence-corrected chi connectivity index (χ4v) is 3.90. The molecule has 0 spiro atoms.